The summed E-state index contributed by atoms with van der Waals surface area (Å²) in [5.41, 5.74) is 16.4. The fourth-order valence-electron chi connectivity index (χ4n) is 8.40. The van der Waals surface area contributed by atoms with E-state index in [1.165, 1.54) is 6.92 Å². The number of nitrogens with two attached hydrogens (primary N) is 3. The van der Waals surface area contributed by atoms with Crippen LogP contribution >= 0.6 is 11.6 Å². The summed E-state index contributed by atoms with van der Waals surface area (Å²) in [6.45, 7) is 2.43. The Bertz CT molecular complexity index is 2250. The summed E-state index contributed by atoms with van der Waals surface area (Å²) in [7, 11) is 0. The Hall–Kier alpha value is -6.65. The van der Waals surface area contributed by atoms with Gasteiger partial charge >= 0.3 is 17.9 Å². The van der Waals surface area contributed by atoms with E-state index in [4.69, 9.17) is 33.5 Å². The largest absolute Gasteiger partial charge is 0.481 e. The molecule has 0 aromatic carbocycles. The van der Waals surface area contributed by atoms with Gasteiger partial charge in [-0.3, -0.25) is 47.9 Å². The molecule has 1 heterocycles. The number of amides is 9. The molecule has 9 amide bonds. The smallest absolute Gasteiger partial charge is 0.335 e. The quantitative estimate of drug-likeness (QED) is 0.0144. The number of ether oxygens (including phenoxy) is 1. The van der Waals surface area contributed by atoms with Crippen LogP contribution < -0.4 is 65.1 Å². The van der Waals surface area contributed by atoms with Gasteiger partial charge in [-0.05, 0) is 72.0 Å². The molecule has 0 spiro atoms. The number of carboxylic acids is 2. The third-order valence-electron chi connectivity index (χ3n) is 13.3. The molecule has 1 saturated heterocycles. The molecule has 32 nitrogen and oxygen atoms in total. The number of rotatable bonds is 29. The number of carbonyl (C=O) groups is 12. The van der Waals surface area contributed by atoms with Crippen LogP contribution in [0.25, 0.3) is 0 Å². The first-order chi connectivity index (χ1) is 40.2. The van der Waals surface area contributed by atoms with Gasteiger partial charge in [-0.1, -0.05) is 70.8 Å². The van der Waals surface area contributed by atoms with Crippen molar-refractivity contribution in [1.82, 2.24) is 47.9 Å². The van der Waals surface area contributed by atoms with Crippen LogP contribution in [0.4, 0.5) is 0 Å². The van der Waals surface area contributed by atoms with Crippen molar-refractivity contribution in [2.45, 2.75) is 209 Å². The normalized spacial score (nSPS) is 24.6. The average molecular weight is 1240 g/mol. The lowest BCUT2D eigenvalue weighted by atomic mass is 10.0. The van der Waals surface area contributed by atoms with E-state index in [0.717, 1.165) is 64.4 Å². The molecule has 0 saturated carbocycles. The first kappa shape index (κ1) is 76.4. The van der Waals surface area contributed by atoms with Gasteiger partial charge < -0.3 is 106 Å². The van der Waals surface area contributed by atoms with E-state index in [9.17, 15) is 93.3 Å². The molecule has 0 bridgehead atoms. The number of aliphatic hydroxyl groups excluding tert-OH is 5. The molecule has 0 aliphatic carbocycles. The predicted molar refractivity (Wildman–Crippen MR) is 301 cm³/mol. The summed E-state index contributed by atoms with van der Waals surface area (Å²) in [5, 5.41) is 92.8. The van der Waals surface area contributed by atoms with Crippen molar-refractivity contribution >= 4 is 82.7 Å². The molecule has 1 fully saturated rings. The van der Waals surface area contributed by atoms with Gasteiger partial charge in [0.1, 0.15) is 54.6 Å². The van der Waals surface area contributed by atoms with Crippen LogP contribution in [0.2, 0.25) is 0 Å². The Morgan fingerprint density at radius 2 is 1.12 bits per heavy atom. The van der Waals surface area contributed by atoms with Gasteiger partial charge in [-0.2, -0.15) is 0 Å². The fourth-order valence-corrected chi connectivity index (χ4v) is 8.58. The number of halogens is 1. The SMILES string of the molecule is C/C=C1/NC(=O)C([C@H](C)O)NC(=O)[C@H](CCN)NC(=O)C([C@H](O)C(=O)O)NC(=O)C(CCCCN)NC(=O)[C@H](CC(=O)O)NC(=O)C(CCN)NC(=O)C(NC(=O)CC(O)C(O)CCCCCCCCCCC)COC(=O)C([C@H](O)CCl)NC1=O. The number of carbonyl (C=O) groups excluding carboxylic acids is 10. The molecule has 33 heteroatoms. The van der Waals surface area contributed by atoms with E-state index < -0.39 is 207 Å². The summed E-state index contributed by atoms with van der Waals surface area (Å²) < 4.78 is 5.31. The Morgan fingerprint density at radius 1 is 0.612 bits per heavy atom. The molecule has 0 radical (unpaired) electrons. The van der Waals surface area contributed by atoms with Crippen molar-refractivity contribution < 1.29 is 98.0 Å². The second kappa shape index (κ2) is 41.4. The van der Waals surface area contributed by atoms with Crippen molar-refractivity contribution in [2.75, 3.05) is 32.1 Å². The number of cyclic esters (lactones) is 1. The molecular formula is C52H89ClN12O20. The average Bonchev–Trinajstić information content (AvgIpc) is 3.64. The zero-order valence-corrected chi connectivity index (χ0v) is 48.9. The van der Waals surface area contributed by atoms with Crippen LogP contribution in [0, 0.1) is 0 Å². The number of esters is 1. The highest BCUT2D eigenvalue weighted by Crippen LogP contribution is 2.15. The van der Waals surface area contributed by atoms with Gasteiger partial charge in [-0.15, -0.1) is 11.6 Å². The maximum Gasteiger partial charge on any atom is 0.335 e. The van der Waals surface area contributed by atoms with Crippen molar-refractivity contribution in [2.24, 2.45) is 17.2 Å². The van der Waals surface area contributed by atoms with E-state index in [0.29, 0.717) is 6.42 Å². The van der Waals surface area contributed by atoms with Gasteiger partial charge in [0.05, 0.1) is 43.1 Å². The van der Waals surface area contributed by atoms with E-state index in [-0.39, 0.29) is 32.2 Å². The lowest BCUT2D eigenvalue weighted by Crippen LogP contribution is -2.63. The molecule has 1 aliphatic rings. The Morgan fingerprint density at radius 3 is 1.64 bits per heavy atom. The first-order valence-corrected chi connectivity index (χ1v) is 28.8. The molecular weight excluding hydrogens is 1150 g/mol. The summed E-state index contributed by atoms with van der Waals surface area (Å²) in [6.07, 6.45) is -3.05. The molecule has 1 rings (SSSR count). The number of nitrogens with one attached hydrogen (secondary N) is 9. The van der Waals surface area contributed by atoms with Crippen LogP contribution in [0.15, 0.2) is 11.8 Å². The van der Waals surface area contributed by atoms with Crippen molar-refractivity contribution in [3.63, 3.8) is 0 Å². The molecule has 0 aromatic rings. The van der Waals surface area contributed by atoms with Crippen LogP contribution in [-0.4, -0.2) is 218 Å². The number of aliphatic carboxylic acids is 2. The number of unbranched alkanes of at least 4 members (excludes halogenated alkanes) is 9. The van der Waals surface area contributed by atoms with Gasteiger partial charge in [0.2, 0.25) is 47.3 Å². The third-order valence-corrected chi connectivity index (χ3v) is 13.7. The zero-order valence-electron chi connectivity index (χ0n) is 48.2. The fraction of sp³-hybridized carbons (Fsp3) is 0.731. The minimum atomic E-state index is -2.78. The van der Waals surface area contributed by atoms with Crippen molar-refractivity contribution in [3.8, 4) is 0 Å². The Balaban J connectivity index is 4.00. The number of aliphatic hydroxyl groups is 5. The first-order valence-electron chi connectivity index (χ1n) is 28.3. The molecule has 0 aromatic heterocycles. The van der Waals surface area contributed by atoms with Crippen LogP contribution in [0.1, 0.15) is 130 Å². The molecule has 1 aliphatic heterocycles. The Labute approximate surface area is 497 Å². The maximum absolute atomic E-state index is 14.2. The monoisotopic (exact) mass is 1240 g/mol. The van der Waals surface area contributed by atoms with E-state index >= 15 is 0 Å². The second-order valence-corrected chi connectivity index (χ2v) is 20.7. The van der Waals surface area contributed by atoms with Crippen molar-refractivity contribution in [1.29, 1.82) is 0 Å². The lowest BCUT2D eigenvalue weighted by molar-refractivity contribution is -0.153. The minimum Gasteiger partial charge on any atom is -0.481 e. The van der Waals surface area contributed by atoms with Gasteiger partial charge in [0.15, 0.2) is 12.1 Å². The summed E-state index contributed by atoms with van der Waals surface area (Å²) >= 11 is 5.89. The molecule has 8 unspecified atom stereocenters. The molecule has 484 valence electrons. The topological polar surface area (TPSA) is 542 Å². The molecule has 13 atom stereocenters. The maximum atomic E-state index is 14.2. The van der Waals surface area contributed by atoms with E-state index in [2.05, 4.69) is 49.5 Å². The summed E-state index contributed by atoms with van der Waals surface area (Å²) in [4.78, 5) is 163. The van der Waals surface area contributed by atoms with Crippen LogP contribution in [0.5, 0.6) is 0 Å². The summed E-state index contributed by atoms with van der Waals surface area (Å²) in [6, 6.07) is -16.2. The van der Waals surface area contributed by atoms with Crippen LogP contribution in [-0.2, 0) is 62.3 Å². The lowest BCUT2D eigenvalue weighted by Gasteiger charge is -2.29. The highest BCUT2D eigenvalue weighted by Gasteiger charge is 2.40. The number of hydrogen-bond donors (Lipinski definition) is 19. The van der Waals surface area contributed by atoms with Gasteiger partial charge in [-0.25, -0.2) is 9.59 Å². The Kier molecular flexibility index (Phi) is 37.2. The number of carboxylic acid groups (broad SMARTS) is 2. The standard InChI is InChI=1S/C52H89ClN12O20/c1-4-6-7-8-9-10-11-12-13-17-34(67)35(68)24-37(70)57-33-26-85-52(84)40(36(69)25-53)64-43(74)28(5-2)58-49(80)39(27(3)66)63-46(77)31(19-22-56)61-50(81)41(42(73)51(82)83)65-45(76)29(16-14-15-20-54)59-47(78)32(23-38(71)72)62-44(75)30(18-21-55)60-48(33)79/h5,27,29-36,39-42,66-69,73H,4,6-26,54-56H2,1-3H3,(H,57,70)(H,58,80)(H,59,78)(H,60,79)(H,61,81)(H,62,75)(H,63,77)(H,64,74)(H,65,76)(H,71,72)(H,82,83)/b28-5+/t27-,29?,30?,31-,32-,33?,34?,35?,36+,39?,40?,41?,42-/m0/s1. The predicted octanol–water partition coefficient (Wildman–Crippen LogP) is -5.80. The van der Waals surface area contributed by atoms with Gasteiger partial charge in [0.25, 0.3) is 5.91 Å². The van der Waals surface area contributed by atoms with Crippen LogP contribution in [0.3, 0.4) is 0 Å². The summed E-state index contributed by atoms with van der Waals surface area (Å²) in [5.74, 6) is -18.1. The number of alkyl halides is 1. The third kappa shape index (κ3) is 28.4. The number of hydrogen-bond acceptors (Lipinski definition) is 21. The molecule has 22 N–H and O–H groups in total. The highest BCUT2D eigenvalue weighted by atomic mass is 35.5. The zero-order chi connectivity index (χ0) is 64.3. The minimum absolute atomic E-state index is 0.0324. The molecule has 85 heavy (non-hydrogen) atoms. The van der Waals surface area contributed by atoms with E-state index in [1.807, 2.05) is 5.32 Å². The number of allylic oxidation sites excluding steroid dienone is 1. The van der Waals surface area contributed by atoms with E-state index in [1.54, 1.807) is 0 Å². The second-order valence-electron chi connectivity index (χ2n) is 20.3. The van der Waals surface area contributed by atoms with Gasteiger partial charge in [0, 0.05) is 0 Å². The van der Waals surface area contributed by atoms with Crippen molar-refractivity contribution in [3.05, 3.63) is 11.8 Å². The highest BCUT2D eigenvalue weighted by molar-refractivity contribution is 6.18.